The zero-order valence-corrected chi connectivity index (χ0v) is 24.7. The number of hydrogen-bond acceptors (Lipinski definition) is 9. The molecule has 1 unspecified atom stereocenters. The van der Waals surface area contributed by atoms with Crippen molar-refractivity contribution in [3.8, 4) is 5.75 Å². The molecule has 228 valence electrons. The number of para-hydroxylation sites is 2. The number of alkyl carbamates (subject to hydrolysis) is 1. The first-order valence-corrected chi connectivity index (χ1v) is 15.8. The molecular formula is C31H32N6O6S. The van der Waals surface area contributed by atoms with Crippen molar-refractivity contribution in [3.63, 3.8) is 0 Å². The summed E-state index contributed by atoms with van der Waals surface area (Å²) in [5.41, 5.74) is 3.09. The Labute approximate surface area is 254 Å². The average Bonchev–Trinajstić information content (AvgIpc) is 3.71. The van der Waals surface area contributed by atoms with E-state index in [-0.39, 0.29) is 18.4 Å². The molecule has 1 atom stereocenters. The van der Waals surface area contributed by atoms with E-state index in [0.29, 0.717) is 54.4 Å². The number of amides is 1. The largest absolute Gasteiger partial charge is 0.492 e. The number of carbonyl (C=O) groups is 1. The van der Waals surface area contributed by atoms with Gasteiger partial charge in [0.15, 0.2) is 5.82 Å². The third-order valence-electron chi connectivity index (χ3n) is 7.29. The summed E-state index contributed by atoms with van der Waals surface area (Å²) in [5, 5.41) is 6.73. The van der Waals surface area contributed by atoms with Crippen LogP contribution in [-0.2, 0) is 27.8 Å². The smallest absolute Gasteiger partial charge is 0.407 e. The van der Waals surface area contributed by atoms with Crippen LogP contribution in [0.4, 0.5) is 4.79 Å². The van der Waals surface area contributed by atoms with E-state index in [4.69, 9.17) is 14.0 Å². The molecule has 0 saturated carbocycles. The number of benzene rings is 3. The van der Waals surface area contributed by atoms with Crippen LogP contribution < -0.4 is 10.1 Å². The van der Waals surface area contributed by atoms with Gasteiger partial charge < -0.3 is 24.3 Å². The molecule has 1 aliphatic heterocycles. The van der Waals surface area contributed by atoms with Crippen LogP contribution in [-0.4, -0.2) is 58.6 Å². The van der Waals surface area contributed by atoms with Crippen LogP contribution in [0.1, 0.15) is 48.1 Å². The highest BCUT2D eigenvalue weighted by molar-refractivity contribution is 7.89. The Morgan fingerprint density at radius 3 is 2.59 bits per heavy atom. The van der Waals surface area contributed by atoms with Gasteiger partial charge in [0.25, 0.3) is 10.0 Å². The van der Waals surface area contributed by atoms with Crippen molar-refractivity contribution in [2.75, 3.05) is 19.7 Å². The van der Waals surface area contributed by atoms with Gasteiger partial charge in [0.2, 0.25) is 11.0 Å². The summed E-state index contributed by atoms with van der Waals surface area (Å²) < 4.78 is 45.0. The normalized spacial score (nSPS) is 15.7. The molecule has 0 radical (unpaired) electrons. The van der Waals surface area contributed by atoms with Gasteiger partial charge in [0.1, 0.15) is 19.0 Å². The SMILES string of the molecule is O=C(NCCOc1ccc(Cc2nc(C3CCCCN3S(=O)(=O)c3nc4ccccc4[nH]3)no2)cc1)OCc1ccccc1. The van der Waals surface area contributed by atoms with Crippen LogP contribution >= 0.6 is 0 Å². The molecule has 13 heteroatoms. The lowest BCUT2D eigenvalue weighted by Crippen LogP contribution is -2.39. The third kappa shape index (κ3) is 6.90. The highest BCUT2D eigenvalue weighted by Crippen LogP contribution is 2.34. The second-order valence-corrected chi connectivity index (χ2v) is 12.2. The molecule has 0 aliphatic carbocycles. The molecule has 3 heterocycles. The van der Waals surface area contributed by atoms with Crippen molar-refractivity contribution in [2.24, 2.45) is 0 Å². The number of nitrogens with one attached hydrogen (secondary N) is 2. The van der Waals surface area contributed by atoms with Crippen molar-refractivity contribution in [2.45, 2.75) is 43.5 Å². The third-order valence-corrected chi connectivity index (χ3v) is 9.02. The molecule has 0 bridgehead atoms. The van der Waals surface area contributed by atoms with Crippen LogP contribution in [0.25, 0.3) is 11.0 Å². The van der Waals surface area contributed by atoms with E-state index in [2.05, 4.69) is 25.4 Å². The van der Waals surface area contributed by atoms with Gasteiger partial charge in [-0.05, 0) is 48.2 Å². The minimum Gasteiger partial charge on any atom is -0.492 e. The van der Waals surface area contributed by atoms with Crippen LogP contribution in [0.15, 0.2) is 88.5 Å². The Hall–Kier alpha value is -4.75. The summed E-state index contributed by atoms with van der Waals surface area (Å²) in [6.45, 7) is 1.13. The first kappa shape index (κ1) is 29.3. The highest BCUT2D eigenvalue weighted by Gasteiger charge is 2.38. The fraction of sp³-hybridized carbons (Fsp3) is 0.290. The number of hydrogen-bond donors (Lipinski definition) is 2. The first-order valence-electron chi connectivity index (χ1n) is 14.4. The molecule has 1 fully saturated rings. The van der Waals surface area contributed by atoms with E-state index in [0.717, 1.165) is 24.0 Å². The lowest BCUT2D eigenvalue weighted by Gasteiger charge is -2.31. The molecule has 1 amide bonds. The minimum atomic E-state index is -3.90. The maximum absolute atomic E-state index is 13.6. The summed E-state index contributed by atoms with van der Waals surface area (Å²) in [6, 6.07) is 23.5. The number of sulfonamides is 1. The minimum absolute atomic E-state index is 0.0876. The summed E-state index contributed by atoms with van der Waals surface area (Å²) >= 11 is 0. The van der Waals surface area contributed by atoms with Gasteiger partial charge in [-0.1, -0.05) is 66.2 Å². The van der Waals surface area contributed by atoms with Gasteiger partial charge in [0.05, 0.1) is 30.0 Å². The van der Waals surface area contributed by atoms with Crippen LogP contribution in [0.5, 0.6) is 5.75 Å². The van der Waals surface area contributed by atoms with Gasteiger partial charge in [-0.15, -0.1) is 0 Å². The molecule has 44 heavy (non-hydrogen) atoms. The number of H-pyrrole nitrogens is 1. The maximum Gasteiger partial charge on any atom is 0.407 e. The van der Waals surface area contributed by atoms with E-state index < -0.39 is 22.2 Å². The van der Waals surface area contributed by atoms with Crippen LogP contribution in [0.2, 0.25) is 0 Å². The summed E-state index contributed by atoms with van der Waals surface area (Å²) in [6.07, 6.45) is 2.06. The number of nitrogens with zero attached hydrogens (tertiary/aromatic N) is 4. The van der Waals surface area contributed by atoms with Crippen molar-refractivity contribution < 1.29 is 27.2 Å². The van der Waals surface area contributed by atoms with E-state index in [1.54, 1.807) is 12.1 Å². The number of imidazole rings is 1. The Morgan fingerprint density at radius 2 is 1.77 bits per heavy atom. The fourth-order valence-electron chi connectivity index (χ4n) is 5.06. The summed E-state index contributed by atoms with van der Waals surface area (Å²) in [5.74, 6) is 1.38. The first-order chi connectivity index (χ1) is 21.5. The Balaban J connectivity index is 1.01. The Bertz CT molecular complexity index is 1770. The van der Waals surface area contributed by atoms with Crippen LogP contribution in [0, 0.1) is 0 Å². The number of piperidine rings is 1. The van der Waals surface area contributed by atoms with Gasteiger partial charge in [-0.25, -0.2) is 18.2 Å². The summed E-state index contributed by atoms with van der Waals surface area (Å²) in [7, 11) is -3.90. The van der Waals surface area contributed by atoms with Gasteiger partial charge >= 0.3 is 6.09 Å². The molecule has 1 saturated heterocycles. The lowest BCUT2D eigenvalue weighted by atomic mass is 10.0. The topological polar surface area (TPSA) is 153 Å². The number of aromatic amines is 1. The van der Waals surface area contributed by atoms with E-state index >= 15 is 0 Å². The van der Waals surface area contributed by atoms with Crippen molar-refractivity contribution in [3.05, 3.63) is 102 Å². The number of ether oxygens (including phenoxy) is 2. The molecule has 2 N–H and O–H groups in total. The van der Waals surface area contributed by atoms with Gasteiger partial charge in [-0.2, -0.15) is 9.29 Å². The zero-order chi connectivity index (χ0) is 30.4. The summed E-state index contributed by atoms with van der Waals surface area (Å²) in [4.78, 5) is 23.7. The molecule has 2 aromatic heterocycles. The van der Waals surface area contributed by atoms with Gasteiger partial charge in [-0.3, -0.25) is 0 Å². The zero-order valence-electron chi connectivity index (χ0n) is 23.9. The second kappa shape index (κ2) is 13.3. The lowest BCUT2D eigenvalue weighted by molar-refractivity contribution is 0.137. The standard InChI is InChI=1S/C31H32N6O6S/c38-31(42-21-23-8-2-1-3-9-23)32-17-19-41-24-15-13-22(14-16-24)20-28-35-29(36-43-28)27-12-6-7-18-37(27)44(39,40)30-33-25-10-4-5-11-26(25)34-30/h1-5,8-11,13-16,27H,6-7,12,17-21H2,(H,32,38)(H,33,34). The van der Waals surface area contributed by atoms with Crippen molar-refractivity contribution in [1.82, 2.24) is 29.7 Å². The number of aromatic nitrogens is 4. The number of rotatable bonds is 11. The average molecular weight is 617 g/mol. The molecule has 12 nitrogen and oxygen atoms in total. The van der Waals surface area contributed by atoms with E-state index in [1.165, 1.54) is 4.31 Å². The Kier molecular flexibility index (Phi) is 8.84. The highest BCUT2D eigenvalue weighted by atomic mass is 32.2. The second-order valence-electron chi connectivity index (χ2n) is 10.4. The molecule has 1 aliphatic rings. The molecular weight excluding hydrogens is 584 g/mol. The van der Waals surface area contributed by atoms with Crippen LogP contribution in [0.3, 0.4) is 0 Å². The predicted octanol–water partition coefficient (Wildman–Crippen LogP) is 4.76. The fourth-order valence-corrected chi connectivity index (χ4v) is 6.64. The monoisotopic (exact) mass is 616 g/mol. The predicted molar refractivity (Wildman–Crippen MR) is 160 cm³/mol. The Morgan fingerprint density at radius 1 is 0.977 bits per heavy atom. The number of fused-ring (bicyclic) bond motifs is 1. The molecule has 0 spiro atoms. The van der Waals surface area contributed by atoms with E-state index in [1.807, 2.05) is 66.7 Å². The quantitative estimate of drug-likeness (QED) is 0.200. The van der Waals surface area contributed by atoms with E-state index in [9.17, 15) is 13.2 Å². The molecule has 5 aromatic rings. The maximum atomic E-state index is 13.6. The number of carbonyl (C=O) groups excluding carboxylic acids is 1. The van der Waals surface area contributed by atoms with Crippen molar-refractivity contribution in [1.29, 1.82) is 0 Å². The molecule has 6 rings (SSSR count). The molecule has 3 aromatic carbocycles. The van der Waals surface area contributed by atoms with Crippen molar-refractivity contribution >= 4 is 27.1 Å². The van der Waals surface area contributed by atoms with Gasteiger partial charge in [0, 0.05) is 6.54 Å².